The van der Waals surface area contributed by atoms with Crippen LogP contribution in [0.1, 0.15) is 52.7 Å². The Morgan fingerprint density at radius 3 is 2.76 bits per heavy atom. The van der Waals surface area contributed by atoms with Crippen LogP contribution in [0.15, 0.2) is 46.9 Å². The fourth-order valence-electron chi connectivity index (χ4n) is 5.65. The second-order valence-corrected chi connectivity index (χ2v) is 8.64. The molecular weight excluding hydrogens is 378 g/mol. The fraction of sp³-hybridized carbons (Fsp3) is 0.381. The van der Waals surface area contributed by atoms with E-state index in [1.165, 1.54) is 30.4 Å². The summed E-state index contributed by atoms with van der Waals surface area (Å²) in [5, 5.41) is 13.1. The number of hydrogen-bond donors (Lipinski definition) is 2. The van der Waals surface area contributed by atoms with Crippen LogP contribution in [0.4, 0.5) is 5.69 Å². The third-order valence-corrected chi connectivity index (χ3v) is 7.04. The molecule has 3 aliphatic rings. The van der Waals surface area contributed by atoms with Crippen molar-refractivity contribution < 1.29 is 9.90 Å². The summed E-state index contributed by atoms with van der Waals surface area (Å²) in [7, 11) is 0. The van der Waals surface area contributed by atoms with E-state index in [0.717, 1.165) is 16.1 Å². The molecule has 2 aliphatic carbocycles. The molecule has 128 valence electrons. The summed E-state index contributed by atoms with van der Waals surface area (Å²) in [6.45, 7) is 0. The molecule has 5 atom stereocenters. The van der Waals surface area contributed by atoms with Crippen LogP contribution in [-0.4, -0.2) is 11.1 Å². The van der Waals surface area contributed by atoms with Crippen molar-refractivity contribution in [3.63, 3.8) is 0 Å². The van der Waals surface area contributed by atoms with Gasteiger partial charge in [0, 0.05) is 10.2 Å². The number of benzene rings is 2. The molecule has 2 fully saturated rings. The number of rotatable bonds is 2. The van der Waals surface area contributed by atoms with Crippen LogP contribution in [0.25, 0.3) is 0 Å². The lowest BCUT2D eigenvalue weighted by molar-refractivity contribution is 0.0696. The number of anilines is 1. The zero-order valence-electron chi connectivity index (χ0n) is 13.8. The van der Waals surface area contributed by atoms with Crippen molar-refractivity contribution in [2.75, 3.05) is 5.32 Å². The number of hydrogen-bond acceptors (Lipinski definition) is 2. The first kappa shape index (κ1) is 15.4. The van der Waals surface area contributed by atoms with Crippen molar-refractivity contribution in [2.45, 2.75) is 31.2 Å². The zero-order valence-corrected chi connectivity index (χ0v) is 15.4. The Bertz CT molecular complexity index is 865. The molecule has 0 aromatic heterocycles. The predicted molar refractivity (Wildman–Crippen MR) is 101 cm³/mol. The number of fused-ring (bicyclic) bond motifs is 7. The summed E-state index contributed by atoms with van der Waals surface area (Å²) in [4.78, 5) is 11.4. The molecule has 2 N–H and O–H groups in total. The number of carboxylic acid groups (broad SMARTS) is 1. The van der Waals surface area contributed by atoms with Gasteiger partial charge in [0.15, 0.2) is 0 Å². The van der Waals surface area contributed by atoms with Crippen LogP contribution >= 0.6 is 15.9 Å². The quantitative estimate of drug-likeness (QED) is 0.708. The molecule has 1 aliphatic heterocycles. The van der Waals surface area contributed by atoms with Crippen LogP contribution in [-0.2, 0) is 0 Å². The molecule has 5 rings (SSSR count). The maximum atomic E-state index is 11.4. The lowest BCUT2D eigenvalue weighted by atomic mass is 9.68. The topological polar surface area (TPSA) is 49.3 Å². The van der Waals surface area contributed by atoms with Gasteiger partial charge in [-0.25, -0.2) is 4.79 Å². The Balaban J connectivity index is 1.64. The Kier molecular flexibility index (Phi) is 3.46. The molecule has 0 spiro atoms. The SMILES string of the molecule is O=C(O)c1ccc2c(c1)[C@@H]1[C@H]3CC[C@@H](C3)[C@H]1[C@@H](c1cccc(Br)c1)N2. The molecule has 0 unspecified atom stereocenters. The first-order chi connectivity index (χ1) is 12.1. The smallest absolute Gasteiger partial charge is 0.335 e. The molecule has 1 heterocycles. The maximum Gasteiger partial charge on any atom is 0.335 e. The molecule has 2 bridgehead atoms. The van der Waals surface area contributed by atoms with Gasteiger partial charge in [0.25, 0.3) is 0 Å². The van der Waals surface area contributed by atoms with Crippen molar-refractivity contribution in [3.05, 3.63) is 63.6 Å². The number of carbonyl (C=O) groups is 1. The Morgan fingerprint density at radius 2 is 1.96 bits per heavy atom. The van der Waals surface area contributed by atoms with Gasteiger partial charge in [-0.3, -0.25) is 0 Å². The molecule has 4 heteroatoms. The Labute approximate surface area is 155 Å². The largest absolute Gasteiger partial charge is 0.478 e. The highest BCUT2D eigenvalue weighted by atomic mass is 79.9. The minimum atomic E-state index is -0.836. The standard InChI is InChI=1S/C21H20BrNO2/c22-15-3-1-2-13(9-15)20-19-12-5-4-11(8-12)18(19)16-10-14(21(24)25)6-7-17(16)23-20/h1-3,6-7,9-12,18-20,23H,4-5,8H2,(H,24,25)/t11-,12-,18-,19+,20+/m0/s1. The molecule has 2 aromatic rings. The third kappa shape index (κ3) is 2.34. The minimum Gasteiger partial charge on any atom is -0.478 e. The highest BCUT2D eigenvalue weighted by Crippen LogP contribution is 2.63. The molecule has 0 radical (unpaired) electrons. The fourth-order valence-corrected chi connectivity index (χ4v) is 6.07. The normalized spacial score (nSPS) is 32.0. The molecule has 0 amide bonds. The number of halogens is 1. The Hall–Kier alpha value is -1.81. The second-order valence-electron chi connectivity index (χ2n) is 7.72. The molecular formula is C21H20BrNO2. The van der Waals surface area contributed by atoms with Gasteiger partial charge in [0.2, 0.25) is 0 Å². The average Bonchev–Trinajstić information content (AvgIpc) is 3.22. The zero-order chi connectivity index (χ0) is 17.1. The lowest BCUT2D eigenvalue weighted by Crippen LogP contribution is -2.35. The summed E-state index contributed by atoms with van der Waals surface area (Å²) in [5.41, 5.74) is 4.07. The van der Waals surface area contributed by atoms with Gasteiger partial charge >= 0.3 is 5.97 Å². The van der Waals surface area contributed by atoms with Crippen molar-refractivity contribution in [3.8, 4) is 0 Å². The molecule has 25 heavy (non-hydrogen) atoms. The average molecular weight is 398 g/mol. The number of nitrogens with one attached hydrogen (secondary N) is 1. The highest BCUT2D eigenvalue weighted by molar-refractivity contribution is 9.10. The van der Waals surface area contributed by atoms with E-state index in [2.05, 4.69) is 45.5 Å². The van der Waals surface area contributed by atoms with Gasteiger partial charge in [-0.2, -0.15) is 0 Å². The maximum absolute atomic E-state index is 11.4. The van der Waals surface area contributed by atoms with Crippen LogP contribution in [0, 0.1) is 17.8 Å². The van der Waals surface area contributed by atoms with Crippen LogP contribution in [0.3, 0.4) is 0 Å². The van der Waals surface area contributed by atoms with E-state index in [9.17, 15) is 9.90 Å². The van der Waals surface area contributed by atoms with Crippen LogP contribution < -0.4 is 5.32 Å². The van der Waals surface area contributed by atoms with E-state index >= 15 is 0 Å². The molecule has 3 nitrogen and oxygen atoms in total. The summed E-state index contributed by atoms with van der Waals surface area (Å²) >= 11 is 3.61. The van der Waals surface area contributed by atoms with Gasteiger partial charge in [-0.05, 0) is 84.4 Å². The predicted octanol–water partition coefficient (Wildman–Crippen LogP) is 5.44. The Morgan fingerprint density at radius 1 is 1.12 bits per heavy atom. The number of aromatic carboxylic acids is 1. The number of carboxylic acids is 1. The second kappa shape index (κ2) is 5.60. The van der Waals surface area contributed by atoms with E-state index in [1.54, 1.807) is 6.07 Å². The van der Waals surface area contributed by atoms with Gasteiger partial charge in [0.1, 0.15) is 0 Å². The lowest BCUT2D eigenvalue weighted by Gasteiger charge is -2.43. The van der Waals surface area contributed by atoms with Gasteiger partial charge in [0.05, 0.1) is 11.6 Å². The first-order valence-electron chi connectivity index (χ1n) is 9.01. The summed E-state index contributed by atoms with van der Waals surface area (Å²) in [5.74, 6) is 1.65. The van der Waals surface area contributed by atoms with E-state index in [1.807, 2.05) is 12.1 Å². The van der Waals surface area contributed by atoms with E-state index in [4.69, 9.17) is 0 Å². The van der Waals surface area contributed by atoms with Gasteiger partial charge < -0.3 is 10.4 Å². The van der Waals surface area contributed by atoms with Gasteiger partial charge in [-0.15, -0.1) is 0 Å². The first-order valence-corrected chi connectivity index (χ1v) is 9.80. The van der Waals surface area contributed by atoms with Crippen molar-refractivity contribution in [2.24, 2.45) is 17.8 Å². The molecule has 2 aromatic carbocycles. The van der Waals surface area contributed by atoms with Crippen molar-refractivity contribution in [1.82, 2.24) is 0 Å². The highest BCUT2D eigenvalue weighted by Gasteiger charge is 2.53. The molecule has 2 saturated carbocycles. The van der Waals surface area contributed by atoms with Crippen LogP contribution in [0.5, 0.6) is 0 Å². The van der Waals surface area contributed by atoms with E-state index in [-0.39, 0.29) is 0 Å². The monoisotopic (exact) mass is 397 g/mol. The van der Waals surface area contributed by atoms with E-state index < -0.39 is 5.97 Å². The summed E-state index contributed by atoms with van der Waals surface area (Å²) in [6, 6.07) is 14.5. The van der Waals surface area contributed by atoms with E-state index in [0.29, 0.717) is 29.4 Å². The van der Waals surface area contributed by atoms with Crippen LogP contribution in [0.2, 0.25) is 0 Å². The third-order valence-electron chi connectivity index (χ3n) is 6.54. The molecule has 0 saturated heterocycles. The minimum absolute atomic E-state index is 0.306. The summed E-state index contributed by atoms with van der Waals surface area (Å²) < 4.78 is 1.11. The summed E-state index contributed by atoms with van der Waals surface area (Å²) in [6.07, 6.45) is 3.89. The van der Waals surface area contributed by atoms with Crippen molar-refractivity contribution in [1.29, 1.82) is 0 Å². The van der Waals surface area contributed by atoms with Gasteiger partial charge in [-0.1, -0.05) is 28.1 Å². The van der Waals surface area contributed by atoms with Crippen molar-refractivity contribution >= 4 is 27.6 Å².